The molecular weight excluding hydrogens is 282 g/mol. The molecule has 5 nitrogen and oxygen atoms in total. The molecule has 0 aliphatic carbocycles. The molecule has 1 aromatic carbocycles. The zero-order valence-corrected chi connectivity index (χ0v) is 13.5. The van der Waals surface area contributed by atoms with E-state index in [4.69, 9.17) is 9.47 Å². The third-order valence-corrected chi connectivity index (χ3v) is 3.05. The van der Waals surface area contributed by atoms with Gasteiger partial charge in [0.25, 0.3) is 0 Å². The smallest absolute Gasteiger partial charge is 0.328 e. The van der Waals surface area contributed by atoms with Crippen molar-refractivity contribution in [3.63, 3.8) is 0 Å². The predicted molar refractivity (Wildman–Crippen MR) is 85.4 cm³/mol. The van der Waals surface area contributed by atoms with Gasteiger partial charge in [-0.05, 0) is 36.1 Å². The molecule has 1 rings (SSSR count). The molecule has 0 bridgehead atoms. The summed E-state index contributed by atoms with van der Waals surface area (Å²) in [5.41, 5.74) is 0.870. The molecule has 0 radical (unpaired) electrons. The Labute approximate surface area is 131 Å². The van der Waals surface area contributed by atoms with Crippen LogP contribution in [0.5, 0.6) is 5.75 Å². The molecule has 0 aromatic heterocycles. The largest absolute Gasteiger partial charge is 0.497 e. The topological polar surface area (TPSA) is 64.6 Å². The molecule has 0 saturated heterocycles. The summed E-state index contributed by atoms with van der Waals surface area (Å²) >= 11 is 0. The predicted octanol–water partition coefficient (Wildman–Crippen LogP) is 2.41. The molecule has 1 amide bonds. The van der Waals surface area contributed by atoms with Crippen LogP contribution in [0.4, 0.5) is 0 Å². The lowest BCUT2D eigenvalue weighted by Gasteiger charge is -2.17. The van der Waals surface area contributed by atoms with E-state index in [9.17, 15) is 9.59 Å². The van der Waals surface area contributed by atoms with E-state index < -0.39 is 12.0 Å². The van der Waals surface area contributed by atoms with Crippen molar-refractivity contribution in [3.05, 3.63) is 35.9 Å². The van der Waals surface area contributed by atoms with E-state index >= 15 is 0 Å². The molecule has 5 heteroatoms. The maximum absolute atomic E-state index is 11.9. The van der Waals surface area contributed by atoms with Crippen molar-refractivity contribution in [1.29, 1.82) is 0 Å². The number of amides is 1. The third-order valence-electron chi connectivity index (χ3n) is 3.05. The number of carbonyl (C=O) groups is 2. The lowest BCUT2D eigenvalue weighted by molar-refractivity contribution is -0.145. The van der Waals surface area contributed by atoms with Crippen molar-refractivity contribution >= 4 is 18.0 Å². The van der Waals surface area contributed by atoms with Crippen molar-refractivity contribution in [3.8, 4) is 5.75 Å². The zero-order chi connectivity index (χ0) is 16.5. The van der Waals surface area contributed by atoms with Crippen LogP contribution in [0.25, 0.3) is 6.08 Å². The molecule has 0 spiro atoms. The first-order valence-corrected chi connectivity index (χ1v) is 7.16. The Morgan fingerprint density at radius 1 is 1.18 bits per heavy atom. The van der Waals surface area contributed by atoms with Crippen molar-refractivity contribution in [2.45, 2.75) is 26.3 Å². The fraction of sp³-hybridized carbons (Fsp3) is 0.412. The summed E-state index contributed by atoms with van der Waals surface area (Å²) in [4.78, 5) is 23.6. The van der Waals surface area contributed by atoms with Gasteiger partial charge in [0.15, 0.2) is 0 Å². The minimum Gasteiger partial charge on any atom is -0.497 e. The summed E-state index contributed by atoms with van der Waals surface area (Å²) in [5, 5.41) is 2.67. The van der Waals surface area contributed by atoms with Gasteiger partial charge in [0.1, 0.15) is 11.8 Å². The summed E-state index contributed by atoms with van der Waals surface area (Å²) in [7, 11) is 2.91. The van der Waals surface area contributed by atoms with Gasteiger partial charge in [-0.15, -0.1) is 0 Å². The van der Waals surface area contributed by atoms with Gasteiger partial charge >= 0.3 is 5.97 Å². The van der Waals surface area contributed by atoms with Crippen LogP contribution >= 0.6 is 0 Å². The number of methoxy groups -OCH3 is 2. The van der Waals surface area contributed by atoms with Gasteiger partial charge in [-0.25, -0.2) is 4.79 Å². The first-order chi connectivity index (χ1) is 10.5. The van der Waals surface area contributed by atoms with Gasteiger partial charge in [-0.1, -0.05) is 26.0 Å². The zero-order valence-electron chi connectivity index (χ0n) is 13.5. The first kappa shape index (κ1) is 17.8. The number of ether oxygens (including phenoxy) is 2. The van der Waals surface area contributed by atoms with Gasteiger partial charge in [0, 0.05) is 6.08 Å². The molecular formula is C17H23NO4. The monoisotopic (exact) mass is 305 g/mol. The van der Waals surface area contributed by atoms with Crippen LogP contribution in [0.15, 0.2) is 30.3 Å². The average Bonchev–Trinajstić information content (AvgIpc) is 2.51. The molecule has 0 fully saturated rings. The lowest BCUT2D eigenvalue weighted by atomic mass is 10.0. The highest BCUT2D eigenvalue weighted by Gasteiger charge is 2.21. The second-order valence-corrected chi connectivity index (χ2v) is 5.32. The highest BCUT2D eigenvalue weighted by molar-refractivity contribution is 5.94. The molecule has 1 N–H and O–H groups in total. The van der Waals surface area contributed by atoms with Crippen molar-refractivity contribution in [1.82, 2.24) is 5.32 Å². The Bertz CT molecular complexity index is 520. The maximum atomic E-state index is 11.9. The molecule has 120 valence electrons. The van der Waals surface area contributed by atoms with Gasteiger partial charge in [0.2, 0.25) is 5.91 Å². The average molecular weight is 305 g/mol. The van der Waals surface area contributed by atoms with Gasteiger partial charge in [0.05, 0.1) is 14.2 Å². The van der Waals surface area contributed by atoms with Gasteiger partial charge in [-0.2, -0.15) is 0 Å². The summed E-state index contributed by atoms with van der Waals surface area (Å²) in [5.74, 6) is 0.269. The van der Waals surface area contributed by atoms with E-state index in [2.05, 4.69) is 5.32 Å². The Kier molecular flexibility index (Phi) is 7.16. The Balaban J connectivity index is 2.65. The normalized spacial score (nSPS) is 12.2. The van der Waals surface area contributed by atoms with E-state index in [1.807, 2.05) is 38.1 Å². The summed E-state index contributed by atoms with van der Waals surface area (Å²) in [6, 6.07) is 6.68. The van der Waals surface area contributed by atoms with E-state index in [1.165, 1.54) is 13.2 Å². The minimum atomic E-state index is -0.627. The number of esters is 1. The van der Waals surface area contributed by atoms with E-state index in [1.54, 1.807) is 13.2 Å². The van der Waals surface area contributed by atoms with Crippen LogP contribution < -0.4 is 10.1 Å². The van der Waals surface area contributed by atoms with Crippen LogP contribution in [0.1, 0.15) is 25.8 Å². The van der Waals surface area contributed by atoms with E-state index in [-0.39, 0.29) is 11.8 Å². The van der Waals surface area contributed by atoms with Crippen LogP contribution in [0.3, 0.4) is 0 Å². The summed E-state index contributed by atoms with van der Waals surface area (Å²) < 4.78 is 9.78. The number of rotatable bonds is 7. The maximum Gasteiger partial charge on any atom is 0.328 e. The molecule has 0 aliphatic heterocycles. The van der Waals surface area contributed by atoms with Gasteiger partial charge < -0.3 is 14.8 Å². The third kappa shape index (κ3) is 5.99. The lowest BCUT2D eigenvalue weighted by Crippen LogP contribution is -2.41. The number of hydrogen-bond donors (Lipinski definition) is 1. The highest BCUT2D eigenvalue weighted by Crippen LogP contribution is 2.12. The highest BCUT2D eigenvalue weighted by atomic mass is 16.5. The Morgan fingerprint density at radius 3 is 2.32 bits per heavy atom. The number of carbonyl (C=O) groups excluding carboxylic acids is 2. The first-order valence-electron chi connectivity index (χ1n) is 7.16. The molecule has 1 aromatic rings. The fourth-order valence-corrected chi connectivity index (χ4v) is 1.93. The Hall–Kier alpha value is -2.30. The van der Waals surface area contributed by atoms with Crippen molar-refractivity contribution in [2.24, 2.45) is 5.92 Å². The van der Waals surface area contributed by atoms with E-state index in [0.717, 1.165) is 11.3 Å². The summed E-state index contributed by atoms with van der Waals surface area (Å²) in [6.07, 6.45) is 3.62. The minimum absolute atomic E-state index is 0.273. The molecule has 0 heterocycles. The number of nitrogens with one attached hydrogen (secondary N) is 1. The summed E-state index contributed by atoms with van der Waals surface area (Å²) in [6.45, 7) is 3.96. The van der Waals surface area contributed by atoms with Crippen LogP contribution in [0.2, 0.25) is 0 Å². The van der Waals surface area contributed by atoms with Crippen molar-refractivity contribution < 1.29 is 19.1 Å². The standard InChI is InChI=1S/C17H23NO4/c1-12(2)11-15(17(20)22-4)18-16(19)10-7-13-5-8-14(21-3)9-6-13/h5-10,12,15H,11H2,1-4H3,(H,18,19)/b10-7+/t15-/m1/s1. The second-order valence-electron chi connectivity index (χ2n) is 5.32. The molecule has 22 heavy (non-hydrogen) atoms. The van der Waals surface area contributed by atoms with Crippen LogP contribution in [0, 0.1) is 5.92 Å². The van der Waals surface area contributed by atoms with Crippen LogP contribution in [-0.2, 0) is 14.3 Å². The molecule has 0 saturated carbocycles. The van der Waals surface area contributed by atoms with Crippen LogP contribution in [-0.4, -0.2) is 32.1 Å². The molecule has 1 atom stereocenters. The molecule has 0 aliphatic rings. The Morgan fingerprint density at radius 2 is 1.82 bits per heavy atom. The number of hydrogen-bond acceptors (Lipinski definition) is 4. The van der Waals surface area contributed by atoms with Gasteiger partial charge in [-0.3, -0.25) is 4.79 Å². The quantitative estimate of drug-likeness (QED) is 0.620. The SMILES string of the molecule is COC(=O)[C@@H](CC(C)C)NC(=O)/C=C/c1ccc(OC)cc1. The van der Waals surface area contributed by atoms with Crippen molar-refractivity contribution in [2.75, 3.05) is 14.2 Å². The van der Waals surface area contributed by atoms with E-state index in [0.29, 0.717) is 6.42 Å². The number of benzene rings is 1. The second kappa shape index (κ2) is 8.87. The molecule has 0 unspecified atom stereocenters. The fourth-order valence-electron chi connectivity index (χ4n) is 1.93.